The average molecular weight is 242 g/mol. The van der Waals surface area contributed by atoms with Gasteiger partial charge in [-0.3, -0.25) is 4.79 Å². The monoisotopic (exact) mass is 242 g/mol. The van der Waals surface area contributed by atoms with E-state index in [1.165, 1.54) is 19.3 Å². The molecule has 1 aliphatic carbocycles. The zero-order valence-corrected chi connectivity index (χ0v) is 11.3. The van der Waals surface area contributed by atoms with E-state index in [4.69, 9.17) is 0 Å². The molecular weight excluding hydrogens is 216 g/mol. The van der Waals surface area contributed by atoms with Gasteiger partial charge in [0.25, 0.3) is 0 Å². The van der Waals surface area contributed by atoms with Crippen molar-refractivity contribution in [1.82, 2.24) is 10.2 Å². The lowest BCUT2D eigenvalue weighted by atomic mass is 9.76. The summed E-state index contributed by atoms with van der Waals surface area (Å²) in [5, 5.41) is 12.6. The maximum Gasteiger partial charge on any atom is 0.234 e. The molecule has 1 fully saturated rings. The van der Waals surface area contributed by atoms with Crippen LogP contribution in [0.1, 0.15) is 39.0 Å². The van der Waals surface area contributed by atoms with Gasteiger partial charge in [0, 0.05) is 0 Å². The summed E-state index contributed by atoms with van der Waals surface area (Å²) in [5.41, 5.74) is -0.451. The van der Waals surface area contributed by atoms with Gasteiger partial charge >= 0.3 is 0 Å². The summed E-state index contributed by atoms with van der Waals surface area (Å²) in [6, 6.07) is 0. The summed E-state index contributed by atoms with van der Waals surface area (Å²) in [6.45, 7) is 2.37. The predicted molar refractivity (Wildman–Crippen MR) is 68.8 cm³/mol. The Hall–Kier alpha value is -0.610. The molecule has 1 aliphatic rings. The molecule has 1 atom stereocenters. The number of aliphatic hydroxyl groups excluding tert-OH is 1. The van der Waals surface area contributed by atoms with Crippen molar-refractivity contribution in [3.05, 3.63) is 0 Å². The smallest absolute Gasteiger partial charge is 0.234 e. The van der Waals surface area contributed by atoms with Gasteiger partial charge in [0.15, 0.2) is 0 Å². The minimum absolute atomic E-state index is 0.00266. The molecule has 1 saturated carbocycles. The van der Waals surface area contributed by atoms with Gasteiger partial charge in [0.1, 0.15) is 0 Å². The number of carbonyl (C=O) groups is 1. The van der Waals surface area contributed by atoms with Crippen LogP contribution >= 0.6 is 0 Å². The second-order valence-corrected chi connectivity index (χ2v) is 5.70. The van der Waals surface area contributed by atoms with Crippen LogP contribution in [0.3, 0.4) is 0 Å². The summed E-state index contributed by atoms with van der Waals surface area (Å²) < 4.78 is 0. The van der Waals surface area contributed by atoms with Crippen molar-refractivity contribution in [2.75, 3.05) is 27.2 Å². The molecular formula is C13H26N2O2. The van der Waals surface area contributed by atoms with Gasteiger partial charge in [-0.05, 0) is 39.8 Å². The number of rotatable bonds is 5. The van der Waals surface area contributed by atoms with Crippen LogP contribution in [-0.4, -0.2) is 48.7 Å². The molecule has 1 rings (SSSR count). The first-order valence-electron chi connectivity index (χ1n) is 6.54. The Balaban J connectivity index is 2.57. The molecule has 0 spiro atoms. The normalized spacial score (nSPS) is 21.2. The van der Waals surface area contributed by atoms with E-state index in [-0.39, 0.29) is 12.5 Å². The fourth-order valence-electron chi connectivity index (χ4n) is 2.66. The van der Waals surface area contributed by atoms with E-state index in [2.05, 4.69) is 5.32 Å². The first-order valence-corrected chi connectivity index (χ1v) is 6.54. The van der Waals surface area contributed by atoms with E-state index in [0.717, 1.165) is 12.8 Å². The molecule has 0 radical (unpaired) electrons. The number of nitrogens with one attached hydrogen (secondary N) is 1. The third-order valence-electron chi connectivity index (χ3n) is 3.72. The Morgan fingerprint density at radius 1 is 1.35 bits per heavy atom. The molecule has 0 heterocycles. The zero-order valence-electron chi connectivity index (χ0n) is 11.3. The van der Waals surface area contributed by atoms with Gasteiger partial charge in [-0.25, -0.2) is 0 Å². The topological polar surface area (TPSA) is 52.6 Å². The zero-order chi connectivity index (χ0) is 12.9. The Morgan fingerprint density at radius 3 is 2.41 bits per heavy atom. The molecule has 0 aromatic heterocycles. The van der Waals surface area contributed by atoms with Crippen LogP contribution in [0.25, 0.3) is 0 Å². The fourth-order valence-corrected chi connectivity index (χ4v) is 2.66. The third kappa shape index (κ3) is 4.28. The molecule has 0 aromatic rings. The fraction of sp³-hybridized carbons (Fsp3) is 0.923. The van der Waals surface area contributed by atoms with Crippen LogP contribution in [0.4, 0.5) is 0 Å². The Morgan fingerprint density at radius 2 is 1.94 bits per heavy atom. The highest BCUT2D eigenvalue weighted by atomic mass is 16.3. The van der Waals surface area contributed by atoms with Gasteiger partial charge in [0.05, 0.1) is 18.7 Å². The molecule has 0 saturated heterocycles. The van der Waals surface area contributed by atoms with Gasteiger partial charge in [0.2, 0.25) is 5.91 Å². The van der Waals surface area contributed by atoms with Crippen LogP contribution in [0.15, 0.2) is 0 Å². The largest absolute Gasteiger partial charge is 0.394 e. The molecule has 0 aliphatic heterocycles. The maximum atomic E-state index is 11.8. The molecule has 0 bridgehead atoms. The van der Waals surface area contributed by atoms with Crippen molar-refractivity contribution in [2.45, 2.75) is 44.6 Å². The lowest BCUT2D eigenvalue weighted by Gasteiger charge is -2.39. The van der Waals surface area contributed by atoms with Crippen molar-refractivity contribution in [3.8, 4) is 0 Å². The minimum atomic E-state index is -0.451. The summed E-state index contributed by atoms with van der Waals surface area (Å²) in [4.78, 5) is 13.6. The maximum absolute atomic E-state index is 11.8. The summed E-state index contributed by atoms with van der Waals surface area (Å²) >= 11 is 0. The molecule has 4 nitrogen and oxygen atoms in total. The molecule has 100 valence electrons. The number of nitrogens with zero attached hydrogens (tertiary/aromatic N) is 1. The first-order chi connectivity index (χ1) is 7.98. The van der Waals surface area contributed by atoms with Gasteiger partial charge < -0.3 is 15.3 Å². The molecule has 4 heteroatoms. The second kappa shape index (κ2) is 6.36. The number of aliphatic hydroxyl groups is 1. The Bertz CT molecular complexity index is 250. The average Bonchev–Trinajstić information content (AvgIpc) is 2.29. The number of amides is 1. The highest BCUT2D eigenvalue weighted by Crippen LogP contribution is 2.32. The summed E-state index contributed by atoms with van der Waals surface area (Å²) in [6.07, 6.45) is 5.93. The highest BCUT2D eigenvalue weighted by Gasteiger charge is 2.35. The quantitative estimate of drug-likeness (QED) is 0.756. The van der Waals surface area contributed by atoms with E-state index in [0.29, 0.717) is 12.5 Å². The summed E-state index contributed by atoms with van der Waals surface area (Å²) in [7, 11) is 3.74. The van der Waals surface area contributed by atoms with E-state index in [1.54, 1.807) is 0 Å². The Kier molecular flexibility index (Phi) is 5.40. The van der Waals surface area contributed by atoms with Crippen molar-refractivity contribution in [2.24, 2.45) is 5.92 Å². The van der Waals surface area contributed by atoms with Crippen LogP contribution in [0.2, 0.25) is 0 Å². The van der Waals surface area contributed by atoms with Crippen LogP contribution < -0.4 is 5.32 Å². The second-order valence-electron chi connectivity index (χ2n) is 5.70. The Labute approximate surface area is 104 Å². The predicted octanol–water partition coefficient (Wildman–Crippen LogP) is 0.995. The molecule has 2 N–H and O–H groups in total. The van der Waals surface area contributed by atoms with Crippen molar-refractivity contribution < 1.29 is 9.90 Å². The van der Waals surface area contributed by atoms with Gasteiger partial charge in [-0.2, -0.15) is 0 Å². The lowest BCUT2D eigenvalue weighted by Crippen LogP contribution is -2.56. The van der Waals surface area contributed by atoms with E-state index < -0.39 is 5.54 Å². The molecule has 17 heavy (non-hydrogen) atoms. The number of carbonyl (C=O) groups excluding carboxylic acids is 1. The SMILES string of the molecule is CN(C)CC(=O)N[C@@](C)(CO)C1CCCCC1. The van der Waals surface area contributed by atoms with Crippen LogP contribution in [0, 0.1) is 5.92 Å². The lowest BCUT2D eigenvalue weighted by molar-refractivity contribution is -0.125. The van der Waals surface area contributed by atoms with Crippen molar-refractivity contribution in [1.29, 1.82) is 0 Å². The van der Waals surface area contributed by atoms with Crippen LogP contribution in [-0.2, 0) is 4.79 Å². The van der Waals surface area contributed by atoms with Crippen molar-refractivity contribution >= 4 is 5.91 Å². The van der Waals surface area contributed by atoms with E-state index in [9.17, 15) is 9.90 Å². The number of likely N-dealkylation sites (N-methyl/N-ethyl adjacent to an activating group) is 1. The van der Waals surface area contributed by atoms with Gasteiger partial charge in [-0.15, -0.1) is 0 Å². The number of hydrogen-bond donors (Lipinski definition) is 2. The molecule has 0 aromatic carbocycles. The van der Waals surface area contributed by atoms with E-state index >= 15 is 0 Å². The molecule has 0 unspecified atom stereocenters. The third-order valence-corrected chi connectivity index (χ3v) is 3.72. The van der Waals surface area contributed by atoms with Gasteiger partial charge in [-0.1, -0.05) is 19.3 Å². The minimum Gasteiger partial charge on any atom is -0.394 e. The first kappa shape index (κ1) is 14.5. The van der Waals surface area contributed by atoms with E-state index in [1.807, 2.05) is 25.9 Å². The molecule has 1 amide bonds. The summed E-state index contributed by atoms with van der Waals surface area (Å²) in [5.74, 6) is 0.407. The highest BCUT2D eigenvalue weighted by molar-refractivity contribution is 5.78. The number of hydrogen-bond acceptors (Lipinski definition) is 3. The van der Waals surface area contributed by atoms with Crippen molar-refractivity contribution in [3.63, 3.8) is 0 Å². The van der Waals surface area contributed by atoms with Crippen LogP contribution in [0.5, 0.6) is 0 Å². The standard InChI is InChI=1S/C13H26N2O2/c1-13(10-16,11-7-5-4-6-8-11)14-12(17)9-15(2)3/h11,16H,4-10H2,1-3H3,(H,14,17)/t13-/m0/s1.